The number of ether oxygens (including phenoxy) is 2. The van der Waals surface area contributed by atoms with Gasteiger partial charge in [0, 0.05) is 12.3 Å². The van der Waals surface area contributed by atoms with Crippen LogP contribution in [0.15, 0.2) is 48.7 Å². The Bertz CT molecular complexity index is 681. The van der Waals surface area contributed by atoms with E-state index in [0.29, 0.717) is 5.56 Å². The van der Waals surface area contributed by atoms with E-state index in [9.17, 15) is 13.6 Å². The Kier molecular flexibility index (Phi) is 6.24. The average Bonchev–Trinajstić information content (AvgIpc) is 2.65. The molecule has 1 atom stereocenters. The maximum absolute atomic E-state index is 14.0. The quantitative estimate of drug-likeness (QED) is 0.801. The third-order valence-electron chi connectivity index (χ3n) is 3.41. The SMILES string of the molecule is COc1ccc(C(NC(=O)OCc2ccccc2)C(F)(F)CO)cn1. The topological polar surface area (TPSA) is 80.7 Å². The third-order valence-corrected chi connectivity index (χ3v) is 3.41. The molecule has 0 bridgehead atoms. The van der Waals surface area contributed by atoms with Gasteiger partial charge in [-0.3, -0.25) is 0 Å². The number of aliphatic hydroxyl groups is 1. The molecule has 0 radical (unpaired) electrons. The number of benzene rings is 1. The van der Waals surface area contributed by atoms with Crippen LogP contribution in [-0.2, 0) is 11.3 Å². The van der Waals surface area contributed by atoms with Gasteiger partial charge in [-0.1, -0.05) is 30.3 Å². The summed E-state index contributed by atoms with van der Waals surface area (Å²) in [5.74, 6) is -3.36. The number of hydrogen-bond donors (Lipinski definition) is 2. The summed E-state index contributed by atoms with van der Waals surface area (Å²) in [6.07, 6.45) is 0.114. The van der Waals surface area contributed by atoms with Crippen molar-refractivity contribution in [2.75, 3.05) is 13.7 Å². The van der Waals surface area contributed by atoms with E-state index in [1.54, 1.807) is 30.3 Å². The van der Waals surface area contributed by atoms with Crippen LogP contribution in [0.3, 0.4) is 0 Å². The van der Waals surface area contributed by atoms with Gasteiger partial charge in [0.1, 0.15) is 19.3 Å². The summed E-state index contributed by atoms with van der Waals surface area (Å²) in [7, 11) is 1.39. The van der Waals surface area contributed by atoms with Gasteiger partial charge in [0.05, 0.1) is 7.11 Å². The van der Waals surface area contributed by atoms with Gasteiger partial charge in [-0.05, 0) is 17.2 Å². The fraction of sp³-hybridized carbons (Fsp3) is 0.294. The number of aliphatic hydroxyl groups excluding tert-OH is 1. The Morgan fingerprint density at radius 1 is 1.28 bits per heavy atom. The van der Waals surface area contributed by atoms with Crippen LogP contribution < -0.4 is 10.1 Å². The van der Waals surface area contributed by atoms with Crippen molar-refractivity contribution >= 4 is 6.09 Å². The molecule has 0 saturated heterocycles. The first-order valence-electron chi connectivity index (χ1n) is 7.42. The van der Waals surface area contributed by atoms with E-state index in [4.69, 9.17) is 14.6 Å². The van der Waals surface area contributed by atoms with Crippen molar-refractivity contribution in [3.05, 3.63) is 59.8 Å². The van der Waals surface area contributed by atoms with E-state index in [1.165, 1.54) is 19.2 Å². The summed E-state index contributed by atoms with van der Waals surface area (Å²) in [6.45, 7) is -1.51. The minimum absolute atomic E-state index is 0.0107. The number of nitrogens with zero attached hydrogens (tertiary/aromatic N) is 1. The molecule has 0 aliphatic heterocycles. The molecule has 1 amide bonds. The number of aromatic nitrogens is 1. The number of carbonyl (C=O) groups is 1. The van der Waals surface area contributed by atoms with E-state index in [2.05, 4.69) is 10.3 Å². The molecule has 0 saturated carbocycles. The number of hydrogen-bond acceptors (Lipinski definition) is 5. The first-order valence-corrected chi connectivity index (χ1v) is 7.42. The van der Waals surface area contributed by atoms with Crippen LogP contribution in [0.25, 0.3) is 0 Å². The molecule has 1 unspecified atom stereocenters. The number of alkyl halides is 2. The molecule has 0 aliphatic carbocycles. The van der Waals surface area contributed by atoms with Gasteiger partial charge in [0.15, 0.2) is 0 Å². The molecule has 1 aromatic carbocycles. The van der Waals surface area contributed by atoms with Crippen molar-refractivity contribution in [2.45, 2.75) is 18.6 Å². The normalized spacial score (nSPS) is 12.3. The summed E-state index contributed by atoms with van der Waals surface area (Å²) >= 11 is 0. The zero-order valence-electron chi connectivity index (χ0n) is 13.5. The van der Waals surface area contributed by atoms with Crippen molar-refractivity contribution < 1.29 is 28.2 Å². The van der Waals surface area contributed by atoms with E-state index >= 15 is 0 Å². The lowest BCUT2D eigenvalue weighted by molar-refractivity contribution is -0.0799. The third kappa shape index (κ3) is 5.12. The first-order chi connectivity index (χ1) is 12.0. The second-order valence-corrected chi connectivity index (χ2v) is 5.19. The minimum atomic E-state index is -3.60. The monoisotopic (exact) mass is 352 g/mol. The molecule has 1 aromatic heterocycles. The number of rotatable bonds is 7. The maximum Gasteiger partial charge on any atom is 0.408 e. The van der Waals surface area contributed by atoms with Gasteiger partial charge in [0.2, 0.25) is 5.88 Å². The fourth-order valence-electron chi connectivity index (χ4n) is 2.09. The molecule has 1 heterocycles. The molecular weight excluding hydrogens is 334 g/mol. The van der Waals surface area contributed by atoms with Gasteiger partial charge in [-0.2, -0.15) is 0 Å². The van der Waals surface area contributed by atoms with Crippen molar-refractivity contribution in [1.29, 1.82) is 0 Å². The summed E-state index contributed by atoms with van der Waals surface area (Å²) in [4.78, 5) is 15.7. The minimum Gasteiger partial charge on any atom is -0.481 e. The summed E-state index contributed by atoms with van der Waals surface area (Å²) in [6, 6.07) is 9.73. The van der Waals surface area contributed by atoms with Crippen LogP contribution in [-0.4, -0.2) is 35.8 Å². The largest absolute Gasteiger partial charge is 0.481 e. The van der Waals surface area contributed by atoms with Crippen LogP contribution in [0.4, 0.5) is 13.6 Å². The molecule has 134 valence electrons. The highest BCUT2D eigenvalue weighted by Gasteiger charge is 2.41. The predicted molar refractivity (Wildman–Crippen MR) is 85.3 cm³/mol. The zero-order valence-corrected chi connectivity index (χ0v) is 13.5. The summed E-state index contributed by atoms with van der Waals surface area (Å²) < 4.78 is 37.9. The number of methoxy groups -OCH3 is 1. The van der Waals surface area contributed by atoms with E-state index in [1.807, 2.05) is 0 Å². The second kappa shape index (κ2) is 8.39. The van der Waals surface area contributed by atoms with E-state index < -0.39 is 24.7 Å². The Labute approximate surface area is 143 Å². The molecule has 8 heteroatoms. The van der Waals surface area contributed by atoms with Crippen LogP contribution in [0.5, 0.6) is 5.88 Å². The van der Waals surface area contributed by atoms with Gasteiger partial charge < -0.3 is 19.9 Å². The highest BCUT2D eigenvalue weighted by molar-refractivity contribution is 5.68. The molecule has 2 rings (SSSR count). The molecule has 2 N–H and O–H groups in total. The van der Waals surface area contributed by atoms with E-state index in [0.717, 1.165) is 6.20 Å². The first kappa shape index (κ1) is 18.6. The summed E-state index contributed by atoms with van der Waals surface area (Å²) in [5.41, 5.74) is 0.728. The van der Waals surface area contributed by atoms with Crippen LogP contribution in [0, 0.1) is 0 Å². The number of halogens is 2. The molecule has 0 fully saturated rings. The van der Waals surface area contributed by atoms with E-state index in [-0.39, 0.29) is 18.1 Å². The lowest BCUT2D eigenvalue weighted by Crippen LogP contribution is -2.43. The highest BCUT2D eigenvalue weighted by atomic mass is 19.3. The lowest BCUT2D eigenvalue weighted by Gasteiger charge is -2.26. The van der Waals surface area contributed by atoms with Crippen LogP contribution in [0.1, 0.15) is 17.2 Å². The predicted octanol–water partition coefficient (Wildman–Crippen LogP) is 2.69. The van der Waals surface area contributed by atoms with Gasteiger partial charge >= 0.3 is 6.09 Å². The van der Waals surface area contributed by atoms with Crippen molar-refractivity contribution in [1.82, 2.24) is 10.3 Å². The highest BCUT2D eigenvalue weighted by Crippen LogP contribution is 2.31. The zero-order chi connectivity index (χ0) is 18.3. The maximum atomic E-state index is 14.0. The number of alkyl carbamates (subject to hydrolysis) is 1. The number of amides is 1. The molecule has 0 spiro atoms. The second-order valence-electron chi connectivity index (χ2n) is 5.19. The molecule has 6 nitrogen and oxygen atoms in total. The van der Waals surface area contributed by atoms with Gasteiger partial charge in [-0.15, -0.1) is 0 Å². The van der Waals surface area contributed by atoms with Gasteiger partial charge in [-0.25, -0.2) is 18.6 Å². The van der Waals surface area contributed by atoms with Crippen molar-refractivity contribution in [3.8, 4) is 5.88 Å². The summed E-state index contributed by atoms with van der Waals surface area (Å²) in [5, 5.41) is 11.0. The van der Waals surface area contributed by atoms with Crippen molar-refractivity contribution in [2.24, 2.45) is 0 Å². The average molecular weight is 352 g/mol. The Hall–Kier alpha value is -2.74. The van der Waals surface area contributed by atoms with Crippen LogP contribution >= 0.6 is 0 Å². The standard InChI is InChI=1S/C17H18F2N2O4/c1-24-14-8-7-13(9-20-14)15(17(18,19)11-22)21-16(23)25-10-12-5-3-2-4-6-12/h2-9,15,22H,10-11H2,1H3,(H,21,23). The Balaban J connectivity index is 2.08. The number of nitrogens with one attached hydrogen (secondary N) is 1. The van der Waals surface area contributed by atoms with Gasteiger partial charge in [0.25, 0.3) is 5.92 Å². The Morgan fingerprint density at radius 3 is 2.56 bits per heavy atom. The number of carbonyl (C=O) groups excluding carboxylic acids is 1. The van der Waals surface area contributed by atoms with Crippen molar-refractivity contribution in [3.63, 3.8) is 0 Å². The molecule has 25 heavy (non-hydrogen) atoms. The Morgan fingerprint density at radius 2 is 2.00 bits per heavy atom. The molecule has 2 aromatic rings. The fourth-order valence-corrected chi connectivity index (χ4v) is 2.09. The molecular formula is C17H18F2N2O4. The smallest absolute Gasteiger partial charge is 0.408 e. The molecule has 0 aliphatic rings. The lowest BCUT2D eigenvalue weighted by atomic mass is 10.0. The number of pyridine rings is 1. The van der Waals surface area contributed by atoms with Crippen LogP contribution in [0.2, 0.25) is 0 Å².